The molecule has 1 fully saturated rings. The fraction of sp³-hybridized carbons (Fsp3) is 0.125. The van der Waals surface area contributed by atoms with E-state index in [0.29, 0.717) is 22.4 Å². The van der Waals surface area contributed by atoms with Crippen LogP contribution in [0, 0.1) is 11.3 Å². The third-order valence-corrected chi connectivity index (χ3v) is 5.09. The van der Waals surface area contributed by atoms with Crippen molar-refractivity contribution in [1.82, 2.24) is 10.2 Å². The summed E-state index contributed by atoms with van der Waals surface area (Å²) in [5, 5.41) is 11.8. The number of carbonyl (C=O) groups is 2. The molecular weight excluding hydrogens is 378 g/mol. The Morgan fingerprint density at radius 1 is 0.867 bits per heavy atom. The van der Waals surface area contributed by atoms with Crippen LogP contribution in [0.5, 0.6) is 5.75 Å². The molecule has 0 unspecified atom stereocenters. The number of ether oxygens (including phenoxy) is 1. The van der Waals surface area contributed by atoms with E-state index in [0.717, 1.165) is 0 Å². The predicted octanol–water partition coefficient (Wildman–Crippen LogP) is 3.43. The first-order valence-electron chi connectivity index (χ1n) is 9.53. The number of nitriles is 1. The van der Waals surface area contributed by atoms with Crippen molar-refractivity contribution in [3.63, 3.8) is 0 Å². The van der Waals surface area contributed by atoms with Crippen LogP contribution >= 0.6 is 0 Å². The van der Waals surface area contributed by atoms with E-state index < -0.39 is 11.6 Å². The molecule has 1 aliphatic rings. The molecule has 0 aromatic heterocycles. The van der Waals surface area contributed by atoms with Crippen LogP contribution in [0.15, 0.2) is 84.9 Å². The van der Waals surface area contributed by atoms with Crippen molar-refractivity contribution < 1.29 is 14.3 Å². The molecule has 3 aromatic carbocycles. The predicted molar refractivity (Wildman–Crippen MR) is 111 cm³/mol. The zero-order valence-corrected chi connectivity index (χ0v) is 16.1. The SMILES string of the molecule is N#Cc1ccc(OCCN2C(=O)NC(c3ccccc3)(c3ccccc3)C2=O)cc1. The van der Waals surface area contributed by atoms with Crippen molar-refractivity contribution in [3.05, 3.63) is 102 Å². The van der Waals surface area contributed by atoms with Gasteiger partial charge in [-0.3, -0.25) is 9.69 Å². The molecule has 1 heterocycles. The number of imide groups is 1. The number of nitrogens with zero attached hydrogens (tertiary/aromatic N) is 2. The molecule has 3 amide bonds. The average molecular weight is 397 g/mol. The molecule has 0 spiro atoms. The molecule has 1 aliphatic heterocycles. The Morgan fingerprint density at radius 2 is 1.43 bits per heavy atom. The van der Waals surface area contributed by atoms with E-state index >= 15 is 0 Å². The van der Waals surface area contributed by atoms with Crippen LogP contribution in [0.4, 0.5) is 4.79 Å². The normalized spacial score (nSPS) is 14.8. The van der Waals surface area contributed by atoms with Crippen LogP contribution in [0.25, 0.3) is 0 Å². The molecule has 0 aliphatic carbocycles. The highest BCUT2D eigenvalue weighted by Crippen LogP contribution is 2.35. The second-order valence-electron chi connectivity index (χ2n) is 6.85. The van der Waals surface area contributed by atoms with Crippen LogP contribution in [0.2, 0.25) is 0 Å². The first-order chi connectivity index (χ1) is 14.6. The van der Waals surface area contributed by atoms with E-state index in [1.54, 1.807) is 24.3 Å². The Morgan fingerprint density at radius 3 is 1.97 bits per heavy atom. The van der Waals surface area contributed by atoms with Crippen molar-refractivity contribution in [3.8, 4) is 11.8 Å². The standard InChI is InChI=1S/C24H19N3O3/c25-17-18-11-13-21(14-12-18)30-16-15-27-22(28)24(26-23(27)29,19-7-3-1-4-8-19)20-9-5-2-6-10-20/h1-14H,15-16H2,(H,26,29). The van der Waals surface area contributed by atoms with Crippen LogP contribution in [0.1, 0.15) is 16.7 Å². The minimum atomic E-state index is -1.27. The van der Waals surface area contributed by atoms with E-state index in [-0.39, 0.29) is 19.1 Å². The van der Waals surface area contributed by atoms with E-state index in [1.807, 2.05) is 66.7 Å². The highest BCUT2D eigenvalue weighted by Gasteiger charge is 2.53. The third-order valence-electron chi connectivity index (χ3n) is 5.09. The topological polar surface area (TPSA) is 82.4 Å². The highest BCUT2D eigenvalue weighted by molar-refractivity contribution is 6.09. The number of amides is 3. The Hall–Kier alpha value is -4.11. The molecule has 3 aromatic rings. The molecular formula is C24H19N3O3. The summed E-state index contributed by atoms with van der Waals surface area (Å²) in [7, 11) is 0. The summed E-state index contributed by atoms with van der Waals surface area (Å²) in [6.07, 6.45) is 0. The van der Waals surface area contributed by atoms with E-state index in [1.165, 1.54) is 4.90 Å². The molecule has 0 atom stereocenters. The second kappa shape index (κ2) is 8.10. The van der Waals surface area contributed by atoms with Gasteiger partial charge in [-0.1, -0.05) is 60.7 Å². The molecule has 0 bridgehead atoms. The van der Waals surface area contributed by atoms with E-state index in [4.69, 9.17) is 10.00 Å². The number of rotatable bonds is 6. The number of hydrogen-bond donors (Lipinski definition) is 1. The largest absolute Gasteiger partial charge is 0.492 e. The van der Waals surface area contributed by atoms with Crippen LogP contribution in [0.3, 0.4) is 0 Å². The summed E-state index contributed by atoms with van der Waals surface area (Å²) in [5.74, 6) is 0.228. The smallest absolute Gasteiger partial charge is 0.325 e. The molecule has 30 heavy (non-hydrogen) atoms. The average Bonchev–Trinajstić information content (AvgIpc) is 3.06. The number of carbonyl (C=O) groups excluding carboxylic acids is 2. The molecule has 4 rings (SSSR count). The van der Waals surface area contributed by atoms with Gasteiger partial charge < -0.3 is 10.1 Å². The van der Waals surface area contributed by atoms with Gasteiger partial charge in [0.2, 0.25) is 0 Å². The van der Waals surface area contributed by atoms with Gasteiger partial charge in [0, 0.05) is 0 Å². The number of hydrogen-bond acceptors (Lipinski definition) is 4. The molecule has 1 N–H and O–H groups in total. The van der Waals surface area contributed by atoms with Crippen molar-refractivity contribution in [2.24, 2.45) is 0 Å². The lowest BCUT2D eigenvalue weighted by molar-refractivity contribution is -0.130. The molecule has 0 saturated carbocycles. The number of nitrogens with one attached hydrogen (secondary N) is 1. The van der Waals surface area contributed by atoms with Crippen molar-refractivity contribution in [2.45, 2.75) is 5.54 Å². The highest BCUT2D eigenvalue weighted by atomic mass is 16.5. The number of urea groups is 1. The fourth-order valence-corrected chi connectivity index (χ4v) is 3.59. The van der Waals surface area contributed by atoms with Gasteiger partial charge in [-0.25, -0.2) is 4.79 Å². The first-order valence-corrected chi connectivity index (χ1v) is 9.53. The minimum Gasteiger partial charge on any atom is -0.492 e. The summed E-state index contributed by atoms with van der Waals surface area (Å²) >= 11 is 0. The van der Waals surface area contributed by atoms with E-state index in [9.17, 15) is 9.59 Å². The maximum atomic E-state index is 13.5. The second-order valence-corrected chi connectivity index (χ2v) is 6.85. The summed E-state index contributed by atoms with van der Waals surface area (Å²) in [6, 6.07) is 26.7. The van der Waals surface area contributed by atoms with Gasteiger partial charge in [-0.05, 0) is 35.4 Å². The quantitative estimate of drug-likeness (QED) is 0.646. The van der Waals surface area contributed by atoms with Crippen LogP contribution in [-0.2, 0) is 10.3 Å². The Bertz CT molecular complexity index is 1050. The fourth-order valence-electron chi connectivity index (χ4n) is 3.59. The number of benzene rings is 3. The van der Waals surface area contributed by atoms with Gasteiger partial charge in [-0.15, -0.1) is 0 Å². The van der Waals surface area contributed by atoms with Crippen molar-refractivity contribution >= 4 is 11.9 Å². The van der Waals surface area contributed by atoms with Crippen molar-refractivity contribution in [1.29, 1.82) is 5.26 Å². The summed E-state index contributed by atoms with van der Waals surface area (Å²) < 4.78 is 5.66. The van der Waals surface area contributed by atoms with Gasteiger partial charge in [0.05, 0.1) is 18.2 Å². The maximum absolute atomic E-state index is 13.5. The summed E-state index contributed by atoms with van der Waals surface area (Å²) in [5.41, 5.74) is 0.663. The lowest BCUT2D eigenvalue weighted by Crippen LogP contribution is -2.45. The van der Waals surface area contributed by atoms with Gasteiger partial charge in [0.25, 0.3) is 5.91 Å². The first kappa shape index (κ1) is 19.2. The Labute approximate surface area is 174 Å². The maximum Gasteiger partial charge on any atom is 0.325 e. The van der Waals surface area contributed by atoms with Crippen LogP contribution < -0.4 is 10.1 Å². The zero-order valence-electron chi connectivity index (χ0n) is 16.1. The van der Waals surface area contributed by atoms with Gasteiger partial charge in [-0.2, -0.15) is 5.26 Å². The molecule has 6 heteroatoms. The lowest BCUT2D eigenvalue weighted by atomic mass is 9.82. The van der Waals surface area contributed by atoms with E-state index in [2.05, 4.69) is 5.32 Å². The van der Waals surface area contributed by atoms with Gasteiger partial charge in [0.1, 0.15) is 12.4 Å². The molecule has 1 saturated heterocycles. The van der Waals surface area contributed by atoms with Gasteiger partial charge >= 0.3 is 6.03 Å². The third kappa shape index (κ3) is 3.38. The monoisotopic (exact) mass is 397 g/mol. The molecule has 0 radical (unpaired) electrons. The minimum absolute atomic E-state index is 0.103. The summed E-state index contributed by atoms with van der Waals surface area (Å²) in [6.45, 7) is 0.247. The molecule has 148 valence electrons. The Balaban J connectivity index is 1.57. The van der Waals surface area contributed by atoms with Gasteiger partial charge in [0.15, 0.2) is 5.54 Å². The zero-order chi connectivity index (χ0) is 21.0. The Kier molecular flexibility index (Phi) is 5.19. The van der Waals surface area contributed by atoms with Crippen LogP contribution in [-0.4, -0.2) is 30.0 Å². The van der Waals surface area contributed by atoms with Crippen molar-refractivity contribution in [2.75, 3.05) is 13.2 Å². The lowest BCUT2D eigenvalue weighted by Gasteiger charge is -2.28. The molecule has 6 nitrogen and oxygen atoms in total. The summed E-state index contributed by atoms with van der Waals surface area (Å²) in [4.78, 5) is 27.5.